The summed E-state index contributed by atoms with van der Waals surface area (Å²) in [7, 11) is 1.82. The molecule has 0 spiro atoms. The van der Waals surface area contributed by atoms with E-state index >= 15 is 0 Å². The van der Waals surface area contributed by atoms with E-state index in [4.69, 9.17) is 10.5 Å². The van der Waals surface area contributed by atoms with Gasteiger partial charge in [0.25, 0.3) is 5.91 Å². The molecule has 1 aromatic heterocycles. The van der Waals surface area contributed by atoms with Crippen molar-refractivity contribution in [3.63, 3.8) is 0 Å². The van der Waals surface area contributed by atoms with Gasteiger partial charge in [0.2, 0.25) is 0 Å². The maximum Gasteiger partial charge on any atom is 0.272 e. The highest BCUT2D eigenvalue weighted by Gasteiger charge is 2.25. The Labute approximate surface area is 119 Å². The quantitative estimate of drug-likeness (QED) is 0.855. The summed E-state index contributed by atoms with van der Waals surface area (Å²) in [5.74, 6) is 0.0666. The minimum atomic E-state index is 0.0666. The zero-order valence-electron chi connectivity index (χ0n) is 12.3. The summed E-state index contributed by atoms with van der Waals surface area (Å²) in [6, 6.07) is 1.89. The Morgan fingerprint density at radius 1 is 1.50 bits per heavy atom. The van der Waals surface area contributed by atoms with E-state index in [1.54, 1.807) is 4.68 Å². The Bertz CT molecular complexity index is 450. The molecule has 1 saturated heterocycles. The first-order chi connectivity index (χ1) is 9.65. The standard InChI is InChI=1S/C14H24N4O2/c1-3-11-10-13(17(2)16-11)14(19)18-7-4-12(5-8-18)20-9-6-15/h10,12H,3-9,15H2,1-2H3. The predicted molar refractivity (Wildman–Crippen MR) is 76.5 cm³/mol. The number of nitrogens with two attached hydrogens (primary N) is 1. The molecule has 0 saturated carbocycles. The molecular formula is C14H24N4O2. The van der Waals surface area contributed by atoms with Crippen molar-refractivity contribution in [3.05, 3.63) is 17.5 Å². The van der Waals surface area contributed by atoms with Crippen LogP contribution >= 0.6 is 0 Å². The van der Waals surface area contributed by atoms with E-state index in [-0.39, 0.29) is 12.0 Å². The molecule has 1 amide bonds. The van der Waals surface area contributed by atoms with Crippen LogP contribution in [0.1, 0.15) is 35.9 Å². The number of amides is 1. The summed E-state index contributed by atoms with van der Waals surface area (Å²) in [6.07, 6.45) is 2.84. The molecule has 6 nitrogen and oxygen atoms in total. The number of piperidine rings is 1. The van der Waals surface area contributed by atoms with Gasteiger partial charge in [-0.1, -0.05) is 6.92 Å². The van der Waals surface area contributed by atoms with Gasteiger partial charge in [0, 0.05) is 26.7 Å². The van der Waals surface area contributed by atoms with Gasteiger partial charge in [0.1, 0.15) is 5.69 Å². The SMILES string of the molecule is CCc1cc(C(=O)N2CCC(OCCN)CC2)n(C)n1. The summed E-state index contributed by atoms with van der Waals surface area (Å²) in [5.41, 5.74) is 7.06. The van der Waals surface area contributed by atoms with Gasteiger partial charge < -0.3 is 15.4 Å². The molecule has 6 heteroatoms. The van der Waals surface area contributed by atoms with Crippen LogP contribution < -0.4 is 5.73 Å². The Morgan fingerprint density at radius 3 is 2.75 bits per heavy atom. The Morgan fingerprint density at radius 2 is 2.20 bits per heavy atom. The van der Waals surface area contributed by atoms with Gasteiger partial charge in [0.15, 0.2) is 0 Å². The van der Waals surface area contributed by atoms with E-state index < -0.39 is 0 Å². The van der Waals surface area contributed by atoms with E-state index in [1.807, 2.05) is 24.9 Å². The van der Waals surface area contributed by atoms with Crippen molar-refractivity contribution in [2.45, 2.75) is 32.3 Å². The number of aromatic nitrogens is 2. The molecule has 0 aromatic carbocycles. The fraction of sp³-hybridized carbons (Fsp3) is 0.714. The summed E-state index contributed by atoms with van der Waals surface area (Å²) in [5, 5.41) is 4.33. The molecule has 1 aromatic rings. The highest BCUT2D eigenvalue weighted by Crippen LogP contribution is 2.16. The fourth-order valence-electron chi connectivity index (χ4n) is 2.52. The first-order valence-corrected chi connectivity index (χ1v) is 7.29. The third-order valence-corrected chi connectivity index (χ3v) is 3.71. The first kappa shape index (κ1) is 15.0. The van der Waals surface area contributed by atoms with Crippen LogP contribution in [-0.4, -0.2) is 52.9 Å². The van der Waals surface area contributed by atoms with Gasteiger partial charge in [0.05, 0.1) is 18.4 Å². The van der Waals surface area contributed by atoms with Crippen molar-refractivity contribution in [1.29, 1.82) is 0 Å². The van der Waals surface area contributed by atoms with Crippen LogP contribution in [-0.2, 0) is 18.2 Å². The molecule has 0 radical (unpaired) electrons. The van der Waals surface area contributed by atoms with Crippen LogP contribution in [0.2, 0.25) is 0 Å². The van der Waals surface area contributed by atoms with Crippen LogP contribution in [0, 0.1) is 0 Å². The van der Waals surface area contributed by atoms with Crippen LogP contribution in [0.5, 0.6) is 0 Å². The molecule has 1 fully saturated rings. The topological polar surface area (TPSA) is 73.4 Å². The molecule has 2 heterocycles. The molecule has 0 aliphatic carbocycles. The van der Waals surface area contributed by atoms with Gasteiger partial charge in [-0.3, -0.25) is 9.48 Å². The lowest BCUT2D eigenvalue weighted by Crippen LogP contribution is -2.41. The summed E-state index contributed by atoms with van der Waals surface area (Å²) < 4.78 is 7.31. The zero-order valence-corrected chi connectivity index (χ0v) is 12.3. The van der Waals surface area contributed by atoms with Crippen LogP contribution in [0.3, 0.4) is 0 Å². The van der Waals surface area contributed by atoms with Crippen molar-refractivity contribution < 1.29 is 9.53 Å². The minimum Gasteiger partial charge on any atom is -0.377 e. The molecular weight excluding hydrogens is 256 g/mol. The number of ether oxygens (including phenoxy) is 1. The maximum absolute atomic E-state index is 12.5. The molecule has 2 N–H and O–H groups in total. The average molecular weight is 280 g/mol. The Balaban J connectivity index is 1.92. The van der Waals surface area contributed by atoms with Gasteiger partial charge >= 0.3 is 0 Å². The summed E-state index contributed by atoms with van der Waals surface area (Å²) in [4.78, 5) is 14.4. The number of aryl methyl sites for hydroxylation is 2. The van der Waals surface area contributed by atoms with Crippen LogP contribution in [0.4, 0.5) is 0 Å². The zero-order chi connectivity index (χ0) is 14.5. The second-order valence-corrected chi connectivity index (χ2v) is 5.15. The van der Waals surface area contributed by atoms with E-state index in [9.17, 15) is 4.79 Å². The Kier molecular flexibility index (Phi) is 5.14. The molecule has 1 aliphatic rings. The van der Waals surface area contributed by atoms with Crippen molar-refractivity contribution in [2.75, 3.05) is 26.2 Å². The molecule has 1 aliphatic heterocycles. The number of carbonyl (C=O) groups excluding carboxylic acids is 1. The highest BCUT2D eigenvalue weighted by molar-refractivity contribution is 5.92. The van der Waals surface area contributed by atoms with E-state index in [1.165, 1.54) is 0 Å². The van der Waals surface area contributed by atoms with Crippen LogP contribution in [0.15, 0.2) is 6.07 Å². The number of nitrogens with zero attached hydrogens (tertiary/aromatic N) is 3. The highest BCUT2D eigenvalue weighted by atomic mass is 16.5. The number of carbonyl (C=O) groups is 1. The number of likely N-dealkylation sites (tertiary alicyclic amines) is 1. The van der Waals surface area contributed by atoms with Gasteiger partial charge in [-0.25, -0.2) is 0 Å². The Hall–Kier alpha value is -1.40. The predicted octanol–water partition coefficient (Wildman–Crippen LogP) is 0.562. The monoisotopic (exact) mass is 280 g/mol. The smallest absolute Gasteiger partial charge is 0.272 e. The molecule has 0 unspecified atom stereocenters. The lowest BCUT2D eigenvalue weighted by Gasteiger charge is -2.31. The molecule has 0 bridgehead atoms. The van der Waals surface area contributed by atoms with Gasteiger partial charge in [-0.15, -0.1) is 0 Å². The van der Waals surface area contributed by atoms with E-state index in [0.717, 1.165) is 38.0 Å². The van der Waals surface area contributed by atoms with Crippen molar-refractivity contribution in [1.82, 2.24) is 14.7 Å². The number of rotatable bonds is 5. The number of hydrogen-bond acceptors (Lipinski definition) is 4. The van der Waals surface area contributed by atoms with Gasteiger partial charge in [-0.05, 0) is 25.3 Å². The minimum absolute atomic E-state index is 0.0666. The molecule has 112 valence electrons. The lowest BCUT2D eigenvalue weighted by atomic mass is 10.1. The molecule has 2 rings (SSSR count). The third-order valence-electron chi connectivity index (χ3n) is 3.71. The van der Waals surface area contributed by atoms with Gasteiger partial charge in [-0.2, -0.15) is 5.10 Å². The molecule has 0 atom stereocenters. The van der Waals surface area contributed by atoms with Crippen molar-refractivity contribution in [3.8, 4) is 0 Å². The average Bonchev–Trinajstić information content (AvgIpc) is 2.86. The van der Waals surface area contributed by atoms with Crippen molar-refractivity contribution >= 4 is 5.91 Å². The third kappa shape index (κ3) is 3.37. The largest absolute Gasteiger partial charge is 0.377 e. The van der Waals surface area contributed by atoms with Crippen LogP contribution in [0.25, 0.3) is 0 Å². The van der Waals surface area contributed by atoms with E-state index in [2.05, 4.69) is 5.10 Å². The first-order valence-electron chi connectivity index (χ1n) is 7.29. The second-order valence-electron chi connectivity index (χ2n) is 5.15. The summed E-state index contributed by atoms with van der Waals surface area (Å²) >= 11 is 0. The maximum atomic E-state index is 12.5. The molecule has 20 heavy (non-hydrogen) atoms. The second kappa shape index (κ2) is 6.85. The lowest BCUT2D eigenvalue weighted by molar-refractivity contribution is 0.0118. The normalized spacial score (nSPS) is 16.6. The van der Waals surface area contributed by atoms with E-state index in [0.29, 0.717) is 18.8 Å². The summed E-state index contributed by atoms with van der Waals surface area (Å²) in [6.45, 7) is 4.66. The fourth-order valence-corrected chi connectivity index (χ4v) is 2.52. The number of hydrogen-bond donors (Lipinski definition) is 1. The van der Waals surface area contributed by atoms with Crippen molar-refractivity contribution in [2.24, 2.45) is 12.8 Å².